The van der Waals surface area contributed by atoms with Crippen LogP contribution in [0.3, 0.4) is 0 Å². The van der Waals surface area contributed by atoms with Crippen molar-refractivity contribution in [3.63, 3.8) is 0 Å². The Morgan fingerprint density at radius 3 is 2.62 bits per heavy atom. The van der Waals surface area contributed by atoms with Crippen LogP contribution >= 0.6 is 0 Å². The zero-order chi connectivity index (χ0) is 16.5. The molecule has 0 spiro atoms. The van der Waals surface area contributed by atoms with Crippen LogP contribution in [-0.4, -0.2) is 27.0 Å². The number of hydrogen-bond donors (Lipinski definition) is 0. The van der Waals surface area contributed by atoms with Crippen LogP contribution in [0.5, 0.6) is 5.75 Å². The van der Waals surface area contributed by atoms with Crippen LogP contribution in [0.15, 0.2) is 42.7 Å². The van der Waals surface area contributed by atoms with Crippen LogP contribution in [0.25, 0.3) is 11.5 Å². The van der Waals surface area contributed by atoms with Crippen molar-refractivity contribution in [3.05, 3.63) is 59.5 Å². The maximum Gasteiger partial charge on any atom is 0.226 e. The average Bonchev–Trinajstić information content (AvgIpc) is 3.05. The van der Waals surface area contributed by atoms with E-state index in [0.29, 0.717) is 11.8 Å². The summed E-state index contributed by atoms with van der Waals surface area (Å²) in [5.74, 6) is 2.18. The summed E-state index contributed by atoms with van der Waals surface area (Å²) in [6.45, 7) is 3.50. The second-order valence-corrected chi connectivity index (χ2v) is 5.75. The monoisotopic (exact) mass is 319 g/mol. The summed E-state index contributed by atoms with van der Waals surface area (Å²) in [4.78, 5) is 20.0. The number of nitrogens with zero attached hydrogens (tertiary/aromatic N) is 5. The third-order valence-corrected chi connectivity index (χ3v) is 4.09. The Morgan fingerprint density at radius 2 is 1.79 bits per heavy atom. The van der Waals surface area contributed by atoms with Crippen LogP contribution in [0.4, 0.5) is 5.95 Å². The van der Waals surface area contributed by atoms with Crippen LogP contribution in [0.1, 0.15) is 16.8 Å². The topological polar surface area (TPSA) is 64.0 Å². The summed E-state index contributed by atoms with van der Waals surface area (Å²) in [5.41, 5.74) is 4.17. The zero-order valence-electron chi connectivity index (χ0n) is 13.6. The molecule has 2 aromatic heterocycles. The van der Waals surface area contributed by atoms with Crippen molar-refractivity contribution in [2.24, 2.45) is 0 Å². The van der Waals surface area contributed by atoms with Crippen molar-refractivity contribution in [2.45, 2.75) is 20.0 Å². The van der Waals surface area contributed by atoms with Gasteiger partial charge in [0.05, 0.1) is 7.11 Å². The van der Waals surface area contributed by atoms with Crippen LogP contribution in [-0.2, 0) is 13.1 Å². The summed E-state index contributed by atoms with van der Waals surface area (Å²) in [6.07, 6.45) is 3.50. The molecule has 0 N–H and O–H groups in total. The molecule has 24 heavy (non-hydrogen) atoms. The minimum absolute atomic E-state index is 0.622. The molecule has 0 amide bonds. The van der Waals surface area contributed by atoms with Crippen LogP contribution < -0.4 is 9.64 Å². The standard InChI is InChI=1S/C18H17N5O/c1-12-5-7-19-17(21-12)16-6-8-20-18(22-16)23-10-13-3-4-15(24-2)9-14(13)11-23/h3-9H,10-11H2,1-2H3. The molecule has 0 saturated carbocycles. The predicted molar refractivity (Wildman–Crippen MR) is 90.7 cm³/mol. The normalized spacial score (nSPS) is 13.0. The van der Waals surface area contributed by atoms with Crippen molar-refractivity contribution >= 4 is 5.95 Å². The van der Waals surface area contributed by atoms with E-state index in [1.54, 1.807) is 19.5 Å². The highest BCUT2D eigenvalue weighted by Gasteiger charge is 2.22. The average molecular weight is 319 g/mol. The van der Waals surface area contributed by atoms with E-state index in [1.165, 1.54) is 11.1 Å². The van der Waals surface area contributed by atoms with Gasteiger partial charge in [0, 0.05) is 31.2 Å². The molecule has 1 aliphatic heterocycles. The highest BCUT2D eigenvalue weighted by Crippen LogP contribution is 2.29. The maximum atomic E-state index is 5.30. The predicted octanol–water partition coefficient (Wildman–Crippen LogP) is 2.77. The lowest BCUT2D eigenvalue weighted by atomic mass is 10.1. The molecule has 0 unspecified atom stereocenters. The molecule has 3 heterocycles. The van der Waals surface area contributed by atoms with E-state index in [-0.39, 0.29) is 0 Å². The Balaban J connectivity index is 1.63. The molecule has 0 atom stereocenters. The smallest absolute Gasteiger partial charge is 0.226 e. The zero-order valence-corrected chi connectivity index (χ0v) is 13.6. The van der Waals surface area contributed by atoms with Gasteiger partial charge < -0.3 is 9.64 Å². The Hall–Kier alpha value is -3.02. The van der Waals surface area contributed by atoms with Gasteiger partial charge in [0.25, 0.3) is 0 Å². The van der Waals surface area contributed by atoms with Gasteiger partial charge in [-0.25, -0.2) is 19.9 Å². The number of rotatable bonds is 3. The highest BCUT2D eigenvalue weighted by atomic mass is 16.5. The summed E-state index contributed by atoms with van der Waals surface area (Å²) in [7, 11) is 1.68. The van der Waals surface area contributed by atoms with Crippen molar-refractivity contribution in [1.82, 2.24) is 19.9 Å². The minimum Gasteiger partial charge on any atom is -0.497 e. The second-order valence-electron chi connectivity index (χ2n) is 5.75. The van der Waals surface area contributed by atoms with Crippen LogP contribution in [0, 0.1) is 6.92 Å². The number of ether oxygens (including phenoxy) is 1. The molecule has 4 rings (SSSR count). The summed E-state index contributed by atoms with van der Waals surface area (Å²) in [5, 5.41) is 0. The fourth-order valence-corrected chi connectivity index (χ4v) is 2.84. The number of aryl methyl sites for hydroxylation is 1. The lowest BCUT2D eigenvalue weighted by Gasteiger charge is -2.15. The van der Waals surface area contributed by atoms with E-state index in [9.17, 15) is 0 Å². The van der Waals surface area contributed by atoms with Crippen molar-refractivity contribution in [1.29, 1.82) is 0 Å². The highest BCUT2D eigenvalue weighted by molar-refractivity contribution is 5.53. The quantitative estimate of drug-likeness (QED) is 0.739. The van der Waals surface area contributed by atoms with Gasteiger partial charge in [0.2, 0.25) is 5.95 Å². The largest absolute Gasteiger partial charge is 0.497 e. The molecular formula is C18H17N5O. The molecule has 120 valence electrons. The lowest BCUT2D eigenvalue weighted by molar-refractivity contribution is 0.414. The maximum absolute atomic E-state index is 5.30. The Bertz CT molecular complexity index is 896. The Morgan fingerprint density at radius 1 is 0.958 bits per heavy atom. The molecule has 1 aliphatic rings. The molecule has 6 nitrogen and oxygen atoms in total. The number of anilines is 1. The molecule has 0 bridgehead atoms. The van der Waals surface area contributed by atoms with E-state index in [0.717, 1.165) is 30.2 Å². The van der Waals surface area contributed by atoms with Gasteiger partial charge in [-0.05, 0) is 42.3 Å². The molecule has 0 aliphatic carbocycles. The van der Waals surface area contributed by atoms with Gasteiger partial charge in [-0.3, -0.25) is 0 Å². The number of hydrogen-bond acceptors (Lipinski definition) is 6. The molecule has 1 aromatic carbocycles. The van der Waals surface area contributed by atoms with Crippen molar-refractivity contribution in [2.75, 3.05) is 12.0 Å². The van der Waals surface area contributed by atoms with Crippen LogP contribution in [0.2, 0.25) is 0 Å². The van der Waals surface area contributed by atoms with Gasteiger partial charge in [0.15, 0.2) is 5.82 Å². The van der Waals surface area contributed by atoms with Gasteiger partial charge in [-0.1, -0.05) is 6.07 Å². The van der Waals surface area contributed by atoms with E-state index in [2.05, 4.69) is 37.0 Å². The molecule has 0 saturated heterocycles. The summed E-state index contributed by atoms with van der Waals surface area (Å²) >= 11 is 0. The van der Waals surface area contributed by atoms with Gasteiger partial charge in [-0.2, -0.15) is 0 Å². The molecule has 0 radical (unpaired) electrons. The van der Waals surface area contributed by atoms with Crippen molar-refractivity contribution < 1.29 is 4.74 Å². The fraction of sp³-hybridized carbons (Fsp3) is 0.222. The van der Waals surface area contributed by atoms with Gasteiger partial charge >= 0.3 is 0 Å². The molecule has 6 heteroatoms. The van der Waals surface area contributed by atoms with Crippen molar-refractivity contribution in [3.8, 4) is 17.3 Å². The minimum atomic E-state index is 0.622. The first kappa shape index (κ1) is 14.6. The number of aromatic nitrogens is 4. The molecule has 0 fully saturated rings. The Labute approximate surface area is 140 Å². The van der Waals surface area contributed by atoms with E-state index in [1.807, 2.05) is 25.1 Å². The first-order valence-corrected chi connectivity index (χ1v) is 7.77. The first-order chi connectivity index (χ1) is 11.7. The fourth-order valence-electron chi connectivity index (χ4n) is 2.84. The van der Waals surface area contributed by atoms with Gasteiger partial charge in [0.1, 0.15) is 11.4 Å². The third-order valence-electron chi connectivity index (χ3n) is 4.09. The molecule has 3 aromatic rings. The third kappa shape index (κ3) is 2.67. The van der Waals surface area contributed by atoms with E-state index in [4.69, 9.17) is 4.74 Å². The SMILES string of the molecule is COc1ccc2c(c1)CN(c1nccc(-c3nccc(C)n3)n1)C2. The van der Waals surface area contributed by atoms with E-state index >= 15 is 0 Å². The summed E-state index contributed by atoms with van der Waals surface area (Å²) in [6, 6.07) is 9.87. The summed E-state index contributed by atoms with van der Waals surface area (Å²) < 4.78 is 5.30. The van der Waals surface area contributed by atoms with E-state index < -0.39 is 0 Å². The number of methoxy groups -OCH3 is 1. The number of fused-ring (bicyclic) bond motifs is 1. The lowest BCUT2D eigenvalue weighted by Crippen LogP contribution is -2.17. The Kier molecular flexibility index (Phi) is 3.57. The number of benzene rings is 1. The molecular weight excluding hydrogens is 302 g/mol. The second kappa shape index (κ2) is 5.88. The first-order valence-electron chi connectivity index (χ1n) is 7.77. The van der Waals surface area contributed by atoms with Gasteiger partial charge in [-0.15, -0.1) is 0 Å².